The first-order valence-corrected chi connectivity index (χ1v) is 8.98. The molecule has 0 radical (unpaired) electrons. The minimum absolute atomic E-state index is 0. The number of carbonyl (C=O) groups is 1. The van der Waals surface area contributed by atoms with Crippen LogP contribution >= 0.6 is 12.2 Å². The number of carboxylic acid groups (broad SMARTS) is 1. The first-order valence-electron chi connectivity index (χ1n) is 8.16. The predicted octanol–water partition coefficient (Wildman–Crippen LogP) is -2.34. The summed E-state index contributed by atoms with van der Waals surface area (Å²) in [6.45, 7) is 0.667. The standard InChI is InChI=1S/C16H30O3S2.2Na/c17-15(18)13-11-9-7-5-3-1-2-4-6-8-10-12-14-19-16(20)21;;/h1-14H2,(H,17,18)(H,20,21);;/q;2*+1/p-2. The molecule has 0 aromatic rings. The zero-order chi connectivity index (χ0) is 15.8. The number of hydrogen-bond donors (Lipinski definition) is 0. The van der Waals surface area contributed by atoms with Crippen molar-refractivity contribution < 1.29 is 73.8 Å². The predicted molar refractivity (Wildman–Crippen MR) is 90.9 cm³/mol. The number of hydrogen-bond acceptors (Lipinski definition) is 5. The van der Waals surface area contributed by atoms with Gasteiger partial charge in [-0.1, -0.05) is 64.2 Å². The molecule has 0 aromatic heterocycles. The van der Waals surface area contributed by atoms with Gasteiger partial charge in [-0.2, -0.15) is 0 Å². The quantitative estimate of drug-likeness (QED) is 0.138. The van der Waals surface area contributed by atoms with Gasteiger partial charge >= 0.3 is 59.1 Å². The van der Waals surface area contributed by atoms with E-state index in [-0.39, 0.29) is 69.9 Å². The van der Waals surface area contributed by atoms with Gasteiger partial charge in [-0.15, -0.1) is 0 Å². The zero-order valence-corrected chi connectivity index (χ0v) is 20.6. The van der Waals surface area contributed by atoms with E-state index in [2.05, 4.69) is 24.8 Å². The monoisotopic (exact) mass is 378 g/mol. The van der Waals surface area contributed by atoms with E-state index in [9.17, 15) is 9.90 Å². The van der Waals surface area contributed by atoms with E-state index in [4.69, 9.17) is 4.74 Å². The minimum atomic E-state index is -0.923. The maximum Gasteiger partial charge on any atom is 1.00 e. The fourth-order valence-corrected chi connectivity index (χ4v) is 2.46. The van der Waals surface area contributed by atoms with Gasteiger partial charge < -0.3 is 39.5 Å². The Morgan fingerprint density at radius 3 is 1.48 bits per heavy atom. The van der Waals surface area contributed by atoms with E-state index in [1.807, 2.05) is 0 Å². The van der Waals surface area contributed by atoms with Crippen molar-refractivity contribution in [3.05, 3.63) is 0 Å². The van der Waals surface area contributed by atoms with Crippen LogP contribution in [0.4, 0.5) is 0 Å². The molecule has 0 spiro atoms. The molecule has 0 bridgehead atoms. The van der Waals surface area contributed by atoms with Crippen LogP contribution in [0.1, 0.15) is 83.5 Å². The molecule has 0 saturated carbocycles. The number of rotatable bonds is 15. The van der Waals surface area contributed by atoms with Crippen LogP contribution in [0.5, 0.6) is 0 Å². The molecule has 3 nitrogen and oxygen atoms in total. The smallest absolute Gasteiger partial charge is 0.550 e. The second-order valence-electron chi connectivity index (χ2n) is 5.46. The van der Waals surface area contributed by atoms with Crippen molar-refractivity contribution in [1.82, 2.24) is 0 Å². The topological polar surface area (TPSA) is 49.4 Å². The zero-order valence-electron chi connectivity index (χ0n) is 14.9. The van der Waals surface area contributed by atoms with Crippen LogP contribution in [0.25, 0.3) is 0 Å². The van der Waals surface area contributed by atoms with Crippen LogP contribution in [0, 0.1) is 0 Å². The molecule has 0 N–H and O–H groups in total. The summed E-state index contributed by atoms with van der Waals surface area (Å²) in [7, 11) is 0. The van der Waals surface area contributed by atoms with E-state index in [1.54, 1.807) is 0 Å². The van der Waals surface area contributed by atoms with Crippen LogP contribution in [-0.2, 0) is 22.2 Å². The van der Waals surface area contributed by atoms with Gasteiger partial charge in [0, 0.05) is 10.4 Å². The van der Waals surface area contributed by atoms with Crippen molar-refractivity contribution in [2.75, 3.05) is 6.61 Å². The molecule has 0 aliphatic carbocycles. The Bertz CT molecular complexity index is 254. The maximum atomic E-state index is 10.2. The fraction of sp³-hybridized carbons (Fsp3) is 0.875. The van der Waals surface area contributed by atoms with Crippen molar-refractivity contribution >= 4 is 35.2 Å². The Kier molecular flexibility index (Phi) is 30.1. The molecular weight excluding hydrogens is 350 g/mol. The molecule has 124 valence electrons. The molecule has 0 rings (SSSR count). The second-order valence-corrected chi connectivity index (χ2v) is 6.46. The number of ether oxygens (including phenoxy) is 1. The third kappa shape index (κ3) is 28.6. The summed E-state index contributed by atoms with van der Waals surface area (Å²) in [5, 5.41) is 10.2. The van der Waals surface area contributed by atoms with Crippen molar-refractivity contribution in [2.24, 2.45) is 0 Å². The summed E-state index contributed by atoms with van der Waals surface area (Å²) < 4.78 is 5.30. The van der Waals surface area contributed by atoms with Crippen LogP contribution in [0.3, 0.4) is 0 Å². The summed E-state index contributed by atoms with van der Waals surface area (Å²) in [5.74, 6) is -0.923. The number of carbonyl (C=O) groups excluding carboxylic acids is 1. The van der Waals surface area contributed by atoms with E-state index in [0.29, 0.717) is 6.61 Å². The summed E-state index contributed by atoms with van der Waals surface area (Å²) >= 11 is 9.33. The number of thiocarbonyl (C=S) groups is 1. The molecule has 0 fully saturated rings. The molecule has 0 heterocycles. The maximum absolute atomic E-state index is 10.2. The molecule has 0 unspecified atom stereocenters. The first kappa shape index (κ1) is 29.3. The molecule has 0 aliphatic heterocycles. The van der Waals surface area contributed by atoms with Crippen molar-refractivity contribution in [3.8, 4) is 0 Å². The molecule has 0 aromatic carbocycles. The Morgan fingerprint density at radius 1 is 0.783 bits per heavy atom. The summed E-state index contributed by atoms with van der Waals surface area (Å²) in [6, 6.07) is 0. The third-order valence-electron chi connectivity index (χ3n) is 3.50. The van der Waals surface area contributed by atoms with Crippen LogP contribution in [0.15, 0.2) is 0 Å². The first-order chi connectivity index (χ1) is 10.1. The largest absolute Gasteiger partial charge is 1.00 e. The molecule has 0 aliphatic rings. The van der Waals surface area contributed by atoms with Crippen LogP contribution < -0.4 is 64.2 Å². The van der Waals surface area contributed by atoms with E-state index >= 15 is 0 Å². The van der Waals surface area contributed by atoms with Gasteiger partial charge in [0.15, 0.2) is 0 Å². The van der Waals surface area contributed by atoms with E-state index < -0.39 is 5.97 Å². The number of carboxylic acids is 1. The van der Waals surface area contributed by atoms with Crippen molar-refractivity contribution in [2.45, 2.75) is 83.5 Å². The second kappa shape index (κ2) is 23.6. The van der Waals surface area contributed by atoms with E-state index in [0.717, 1.165) is 25.7 Å². The Balaban J connectivity index is -0.00000200. The van der Waals surface area contributed by atoms with Gasteiger partial charge in [0.25, 0.3) is 0 Å². The average molecular weight is 379 g/mol. The van der Waals surface area contributed by atoms with Gasteiger partial charge in [-0.05, 0) is 19.3 Å². The number of unbranched alkanes of at least 4 members (excludes halogenated alkanes) is 11. The van der Waals surface area contributed by atoms with Gasteiger partial charge in [0.1, 0.15) is 0 Å². The summed E-state index contributed by atoms with van der Waals surface area (Å²) in [4.78, 5) is 10.2. The van der Waals surface area contributed by atoms with Crippen molar-refractivity contribution in [1.29, 1.82) is 0 Å². The summed E-state index contributed by atoms with van der Waals surface area (Å²) in [6.07, 6.45) is 14.4. The molecule has 0 atom stereocenters. The Morgan fingerprint density at radius 2 is 1.13 bits per heavy atom. The molecule has 0 amide bonds. The summed E-state index contributed by atoms with van der Waals surface area (Å²) in [5.41, 5.74) is 0. The molecule has 7 heteroatoms. The molecule has 0 saturated heterocycles. The van der Waals surface area contributed by atoms with E-state index in [1.165, 1.54) is 51.4 Å². The van der Waals surface area contributed by atoms with Gasteiger partial charge in [0.2, 0.25) is 0 Å². The Labute approximate surface area is 197 Å². The van der Waals surface area contributed by atoms with Crippen molar-refractivity contribution in [3.63, 3.8) is 0 Å². The van der Waals surface area contributed by atoms with Crippen LogP contribution in [0.2, 0.25) is 0 Å². The normalized spacial score (nSPS) is 9.57. The van der Waals surface area contributed by atoms with Gasteiger partial charge in [-0.3, -0.25) is 0 Å². The number of aliphatic carboxylic acids is 1. The Hall–Kier alpha value is 1.58. The minimum Gasteiger partial charge on any atom is -0.550 e. The van der Waals surface area contributed by atoms with Gasteiger partial charge in [-0.25, -0.2) is 0 Å². The molecular formula is C16H28Na2O3S2. The van der Waals surface area contributed by atoms with Crippen LogP contribution in [-0.4, -0.2) is 17.0 Å². The molecule has 23 heavy (non-hydrogen) atoms. The average Bonchev–Trinajstić information content (AvgIpc) is 2.42. The SMILES string of the molecule is O=C([O-])CCCCCCCCCCCCCCOC(=S)[S-].[Na+].[Na+]. The fourth-order valence-electron chi connectivity index (χ4n) is 2.29. The third-order valence-corrected chi connectivity index (χ3v) is 3.73. The van der Waals surface area contributed by atoms with Gasteiger partial charge in [0.05, 0.1) is 6.61 Å².